The van der Waals surface area contributed by atoms with Gasteiger partial charge in [-0.25, -0.2) is 8.42 Å². The SMILES string of the molecule is COc1ccc(-c2onc(C)c2C)cc1S(=O)(=O)CCC(=O)Nc1cccc(C)c1. The maximum absolute atomic E-state index is 13.0. The molecule has 0 aliphatic rings. The Morgan fingerprint density at radius 2 is 1.90 bits per heavy atom. The van der Waals surface area contributed by atoms with Crippen molar-refractivity contribution in [1.82, 2.24) is 5.16 Å². The number of sulfone groups is 1. The molecule has 3 rings (SSSR count). The van der Waals surface area contributed by atoms with Crippen LogP contribution in [0.1, 0.15) is 23.2 Å². The smallest absolute Gasteiger partial charge is 0.225 e. The maximum atomic E-state index is 13.0. The van der Waals surface area contributed by atoms with E-state index in [2.05, 4.69) is 10.5 Å². The molecule has 0 bridgehead atoms. The Bertz CT molecular complexity index is 1180. The minimum atomic E-state index is -3.78. The minimum absolute atomic E-state index is 0.0132. The largest absolute Gasteiger partial charge is 0.495 e. The first-order valence-corrected chi connectivity index (χ1v) is 11.1. The number of ether oxygens (including phenoxy) is 1. The number of carbonyl (C=O) groups is 1. The van der Waals surface area contributed by atoms with Crippen LogP contribution < -0.4 is 10.1 Å². The van der Waals surface area contributed by atoms with Gasteiger partial charge in [0.25, 0.3) is 0 Å². The van der Waals surface area contributed by atoms with Crippen molar-refractivity contribution in [3.05, 3.63) is 59.3 Å². The number of hydrogen-bond acceptors (Lipinski definition) is 6. The summed E-state index contributed by atoms with van der Waals surface area (Å²) in [6, 6.07) is 12.1. The summed E-state index contributed by atoms with van der Waals surface area (Å²) in [4.78, 5) is 12.3. The zero-order valence-corrected chi connectivity index (χ0v) is 18.2. The van der Waals surface area contributed by atoms with E-state index in [0.717, 1.165) is 16.8 Å². The molecule has 0 unspecified atom stereocenters. The van der Waals surface area contributed by atoms with Crippen molar-refractivity contribution in [2.75, 3.05) is 18.2 Å². The Labute approximate surface area is 176 Å². The maximum Gasteiger partial charge on any atom is 0.225 e. The lowest BCUT2D eigenvalue weighted by Crippen LogP contribution is -2.18. The summed E-state index contributed by atoms with van der Waals surface area (Å²) in [6.45, 7) is 5.59. The van der Waals surface area contributed by atoms with Gasteiger partial charge in [0.15, 0.2) is 15.6 Å². The van der Waals surface area contributed by atoms with Gasteiger partial charge in [-0.1, -0.05) is 17.3 Å². The molecule has 1 amide bonds. The minimum Gasteiger partial charge on any atom is -0.495 e. The molecule has 158 valence electrons. The number of carbonyl (C=O) groups excluding carboxylic acids is 1. The molecule has 0 atom stereocenters. The summed E-state index contributed by atoms with van der Waals surface area (Å²) in [7, 11) is -2.38. The Morgan fingerprint density at radius 1 is 1.13 bits per heavy atom. The molecule has 0 spiro atoms. The van der Waals surface area contributed by atoms with E-state index in [4.69, 9.17) is 9.26 Å². The van der Waals surface area contributed by atoms with Crippen LogP contribution >= 0.6 is 0 Å². The highest BCUT2D eigenvalue weighted by atomic mass is 32.2. The van der Waals surface area contributed by atoms with E-state index in [9.17, 15) is 13.2 Å². The van der Waals surface area contributed by atoms with Gasteiger partial charge in [0.2, 0.25) is 5.91 Å². The molecule has 1 N–H and O–H groups in total. The fourth-order valence-corrected chi connectivity index (χ4v) is 4.47. The average molecular weight is 429 g/mol. The standard InChI is InChI=1S/C22H24N2O5S/c1-14-6-5-7-18(12-14)23-21(25)10-11-30(26,27)20-13-17(8-9-19(20)28-4)22-15(2)16(3)24-29-22/h5-9,12-13H,10-11H2,1-4H3,(H,23,25). The fourth-order valence-electron chi connectivity index (χ4n) is 3.03. The Balaban J connectivity index is 1.81. The van der Waals surface area contributed by atoms with Crippen LogP contribution in [0.15, 0.2) is 51.9 Å². The van der Waals surface area contributed by atoms with Crippen LogP contribution in [0.4, 0.5) is 5.69 Å². The van der Waals surface area contributed by atoms with Gasteiger partial charge in [-0.05, 0) is 56.7 Å². The highest BCUT2D eigenvalue weighted by Gasteiger charge is 2.23. The fraction of sp³-hybridized carbons (Fsp3) is 0.273. The van der Waals surface area contributed by atoms with Crippen molar-refractivity contribution < 1.29 is 22.5 Å². The Kier molecular flexibility index (Phi) is 6.26. The van der Waals surface area contributed by atoms with Crippen LogP contribution in [0.2, 0.25) is 0 Å². The molecule has 0 saturated heterocycles. The van der Waals surface area contributed by atoms with Crippen molar-refractivity contribution in [2.45, 2.75) is 32.1 Å². The van der Waals surface area contributed by atoms with Gasteiger partial charge in [0, 0.05) is 23.2 Å². The first-order valence-electron chi connectivity index (χ1n) is 9.42. The van der Waals surface area contributed by atoms with E-state index in [-0.39, 0.29) is 28.7 Å². The molecule has 1 aromatic heterocycles. The van der Waals surface area contributed by atoms with Crippen LogP contribution in [-0.2, 0) is 14.6 Å². The third kappa shape index (κ3) is 4.71. The van der Waals surface area contributed by atoms with Crippen molar-refractivity contribution in [3.63, 3.8) is 0 Å². The second-order valence-corrected chi connectivity index (χ2v) is 9.15. The summed E-state index contributed by atoms with van der Waals surface area (Å²) in [5.74, 6) is -0.00433. The highest BCUT2D eigenvalue weighted by Crippen LogP contribution is 2.33. The number of aromatic nitrogens is 1. The first-order chi connectivity index (χ1) is 14.2. The quantitative estimate of drug-likeness (QED) is 0.609. The number of anilines is 1. The zero-order valence-electron chi connectivity index (χ0n) is 17.4. The number of amides is 1. The summed E-state index contributed by atoms with van der Waals surface area (Å²) < 4.78 is 36.6. The third-order valence-electron chi connectivity index (χ3n) is 4.82. The van der Waals surface area contributed by atoms with E-state index in [1.807, 2.05) is 39.0 Å². The lowest BCUT2D eigenvalue weighted by atomic mass is 10.1. The molecular weight excluding hydrogens is 404 g/mol. The average Bonchev–Trinajstić information content (AvgIpc) is 3.04. The lowest BCUT2D eigenvalue weighted by molar-refractivity contribution is -0.115. The number of aryl methyl sites for hydroxylation is 2. The molecule has 2 aromatic carbocycles. The summed E-state index contributed by atoms with van der Waals surface area (Å²) in [5.41, 5.74) is 3.78. The third-order valence-corrected chi connectivity index (χ3v) is 6.55. The van der Waals surface area contributed by atoms with Gasteiger partial charge in [-0.15, -0.1) is 0 Å². The van der Waals surface area contributed by atoms with Crippen molar-refractivity contribution in [1.29, 1.82) is 0 Å². The van der Waals surface area contributed by atoms with E-state index < -0.39 is 9.84 Å². The predicted molar refractivity (Wildman–Crippen MR) is 114 cm³/mol. The molecule has 30 heavy (non-hydrogen) atoms. The van der Waals surface area contributed by atoms with E-state index in [1.165, 1.54) is 13.2 Å². The Morgan fingerprint density at radius 3 is 2.53 bits per heavy atom. The Hall–Kier alpha value is -3.13. The van der Waals surface area contributed by atoms with E-state index in [1.54, 1.807) is 18.2 Å². The van der Waals surface area contributed by atoms with Crippen LogP contribution in [0.25, 0.3) is 11.3 Å². The predicted octanol–water partition coefficient (Wildman–Crippen LogP) is 4.08. The molecule has 1 heterocycles. The summed E-state index contributed by atoms with van der Waals surface area (Å²) in [5, 5.41) is 6.65. The molecule has 8 heteroatoms. The molecule has 7 nitrogen and oxygen atoms in total. The van der Waals surface area contributed by atoms with Gasteiger partial charge in [0.05, 0.1) is 18.6 Å². The van der Waals surface area contributed by atoms with E-state index >= 15 is 0 Å². The number of nitrogens with one attached hydrogen (secondary N) is 1. The molecule has 0 radical (unpaired) electrons. The van der Waals surface area contributed by atoms with E-state index in [0.29, 0.717) is 17.0 Å². The summed E-state index contributed by atoms with van der Waals surface area (Å²) in [6.07, 6.45) is -0.176. The second kappa shape index (κ2) is 8.71. The van der Waals surface area contributed by atoms with Crippen molar-refractivity contribution >= 4 is 21.4 Å². The van der Waals surface area contributed by atoms with Gasteiger partial charge in [-0.3, -0.25) is 4.79 Å². The molecule has 3 aromatic rings. The number of benzene rings is 2. The second-order valence-electron chi connectivity index (χ2n) is 7.07. The number of methoxy groups -OCH3 is 1. The van der Waals surface area contributed by atoms with Crippen LogP contribution in [0.5, 0.6) is 5.75 Å². The number of hydrogen-bond donors (Lipinski definition) is 1. The van der Waals surface area contributed by atoms with Gasteiger partial charge >= 0.3 is 0 Å². The van der Waals surface area contributed by atoms with Crippen molar-refractivity contribution in [3.8, 4) is 17.1 Å². The number of nitrogens with zero attached hydrogens (tertiary/aromatic N) is 1. The normalized spacial score (nSPS) is 11.3. The van der Waals surface area contributed by atoms with Crippen LogP contribution in [0.3, 0.4) is 0 Å². The number of rotatable bonds is 7. The van der Waals surface area contributed by atoms with Gasteiger partial charge in [-0.2, -0.15) is 0 Å². The van der Waals surface area contributed by atoms with Gasteiger partial charge < -0.3 is 14.6 Å². The molecule has 0 fully saturated rings. The monoisotopic (exact) mass is 428 g/mol. The zero-order chi connectivity index (χ0) is 21.9. The van der Waals surface area contributed by atoms with Gasteiger partial charge in [0.1, 0.15) is 10.6 Å². The summed E-state index contributed by atoms with van der Waals surface area (Å²) >= 11 is 0. The van der Waals surface area contributed by atoms with Crippen molar-refractivity contribution in [2.24, 2.45) is 0 Å². The van der Waals surface area contributed by atoms with Crippen LogP contribution in [0, 0.1) is 20.8 Å². The molecule has 0 saturated carbocycles. The molecular formula is C22H24N2O5S. The topological polar surface area (TPSA) is 98.5 Å². The first kappa shape index (κ1) is 21.6. The highest BCUT2D eigenvalue weighted by molar-refractivity contribution is 7.91. The molecule has 0 aliphatic heterocycles. The lowest BCUT2D eigenvalue weighted by Gasteiger charge is -2.11. The molecule has 0 aliphatic carbocycles. The van der Waals surface area contributed by atoms with Crippen LogP contribution in [-0.4, -0.2) is 32.3 Å².